The number of nitrogens with zero attached hydrogens (tertiary/aromatic N) is 3. The van der Waals surface area contributed by atoms with Gasteiger partial charge < -0.3 is 20.9 Å². The largest absolute Gasteiger partial charge is 0.364 e. The highest BCUT2D eigenvalue weighted by molar-refractivity contribution is 6.35. The van der Waals surface area contributed by atoms with E-state index in [0.717, 1.165) is 19.3 Å². The van der Waals surface area contributed by atoms with Gasteiger partial charge in [0, 0.05) is 40.6 Å². The molecule has 4 aromatic rings. The number of benzene rings is 2. The molecule has 1 aliphatic carbocycles. The lowest BCUT2D eigenvalue weighted by atomic mass is 9.97. The first-order valence-electron chi connectivity index (χ1n) is 12.1. The lowest BCUT2D eigenvalue weighted by molar-refractivity contribution is -0.143. The van der Waals surface area contributed by atoms with Crippen LogP contribution >= 0.6 is 11.6 Å². The van der Waals surface area contributed by atoms with Gasteiger partial charge in [0.05, 0.1) is 10.5 Å². The third-order valence-electron chi connectivity index (χ3n) is 7.57. The number of nitrogens with one attached hydrogen (secondary N) is 2. The normalized spacial score (nSPS) is 20.7. The summed E-state index contributed by atoms with van der Waals surface area (Å²) in [6, 6.07) is 9.34. The summed E-state index contributed by atoms with van der Waals surface area (Å²) in [5.41, 5.74) is 7.08. The predicted molar refractivity (Wildman–Crippen MR) is 135 cm³/mol. The van der Waals surface area contributed by atoms with Gasteiger partial charge in [-0.15, -0.1) is 0 Å². The number of H-pyrrole nitrogens is 1. The van der Waals surface area contributed by atoms with E-state index >= 15 is 0 Å². The first-order chi connectivity index (χ1) is 17.8. The van der Waals surface area contributed by atoms with Gasteiger partial charge in [0.1, 0.15) is 18.4 Å². The van der Waals surface area contributed by atoms with Crippen molar-refractivity contribution in [3.8, 4) is 0 Å². The summed E-state index contributed by atoms with van der Waals surface area (Å²) in [5, 5.41) is 8.83. The van der Waals surface area contributed by atoms with Crippen molar-refractivity contribution < 1.29 is 18.8 Å². The molecule has 0 unspecified atom stereocenters. The average Bonchev–Trinajstić information content (AvgIpc) is 3.66. The van der Waals surface area contributed by atoms with Gasteiger partial charge in [-0.05, 0) is 43.4 Å². The summed E-state index contributed by atoms with van der Waals surface area (Å²) in [6.07, 6.45) is 4.00. The third kappa shape index (κ3) is 3.92. The number of para-hydroxylation sites is 1. The van der Waals surface area contributed by atoms with E-state index in [9.17, 15) is 18.8 Å². The van der Waals surface area contributed by atoms with Crippen LogP contribution < -0.4 is 11.1 Å². The van der Waals surface area contributed by atoms with Gasteiger partial charge in [0.2, 0.25) is 11.8 Å². The molecule has 2 aromatic heterocycles. The van der Waals surface area contributed by atoms with Crippen molar-refractivity contribution in [1.29, 1.82) is 0 Å². The zero-order valence-corrected chi connectivity index (χ0v) is 20.5. The van der Waals surface area contributed by atoms with Gasteiger partial charge in [-0.25, -0.2) is 4.39 Å². The maximum atomic E-state index is 14.6. The van der Waals surface area contributed by atoms with Gasteiger partial charge in [-0.1, -0.05) is 29.8 Å². The topological polar surface area (TPSA) is 126 Å². The van der Waals surface area contributed by atoms with E-state index in [2.05, 4.69) is 15.4 Å². The molecule has 3 atom stereocenters. The highest BCUT2D eigenvalue weighted by Crippen LogP contribution is 2.42. The second-order valence-corrected chi connectivity index (χ2v) is 10.1. The average molecular weight is 523 g/mol. The molecule has 2 aliphatic rings. The molecule has 1 saturated carbocycles. The number of rotatable bonds is 6. The van der Waals surface area contributed by atoms with Crippen LogP contribution in [0.2, 0.25) is 5.02 Å². The van der Waals surface area contributed by atoms with Crippen LogP contribution in [0.1, 0.15) is 35.3 Å². The lowest BCUT2D eigenvalue weighted by Crippen LogP contribution is -2.53. The highest BCUT2D eigenvalue weighted by atomic mass is 35.5. The van der Waals surface area contributed by atoms with Crippen molar-refractivity contribution in [1.82, 2.24) is 25.0 Å². The first-order valence-corrected chi connectivity index (χ1v) is 12.5. The van der Waals surface area contributed by atoms with E-state index in [1.54, 1.807) is 41.4 Å². The van der Waals surface area contributed by atoms with E-state index in [1.165, 1.54) is 10.7 Å². The molecule has 6 rings (SSSR count). The molecule has 1 saturated heterocycles. The molecule has 2 fully saturated rings. The quantitative estimate of drug-likeness (QED) is 0.359. The van der Waals surface area contributed by atoms with Crippen molar-refractivity contribution in [2.24, 2.45) is 11.7 Å². The van der Waals surface area contributed by atoms with Gasteiger partial charge in [-0.3, -0.25) is 19.1 Å². The van der Waals surface area contributed by atoms with Crippen LogP contribution in [0.4, 0.5) is 4.39 Å². The molecule has 37 heavy (non-hydrogen) atoms. The number of piperidine rings is 1. The number of aromatic amines is 1. The van der Waals surface area contributed by atoms with Crippen molar-refractivity contribution in [2.75, 3.05) is 0 Å². The number of primary amides is 1. The van der Waals surface area contributed by atoms with E-state index < -0.39 is 17.8 Å². The van der Waals surface area contributed by atoms with Crippen LogP contribution in [0, 0.1) is 11.7 Å². The van der Waals surface area contributed by atoms with E-state index in [4.69, 9.17) is 17.3 Å². The SMILES string of the molecule is NC(=O)c1nn(CC(=O)N2[C@@H]3CC[C@@H](C3)[C@H]2C(=O)NCc2cc3c(Cl)c[nH]c3cc2F)c2ccccc12. The number of aromatic nitrogens is 3. The summed E-state index contributed by atoms with van der Waals surface area (Å²) in [5.74, 6) is -1.67. The van der Waals surface area contributed by atoms with Gasteiger partial charge in [0.15, 0.2) is 5.69 Å². The first kappa shape index (κ1) is 23.5. The molecule has 0 radical (unpaired) electrons. The number of likely N-dealkylation sites (tertiary alicyclic amines) is 1. The van der Waals surface area contributed by atoms with Crippen LogP contribution in [0.15, 0.2) is 42.6 Å². The Balaban J connectivity index is 1.22. The number of hydrogen-bond donors (Lipinski definition) is 3. The number of amides is 3. The number of halogens is 2. The molecule has 2 bridgehead atoms. The summed E-state index contributed by atoms with van der Waals surface area (Å²) in [6.45, 7) is -0.151. The third-order valence-corrected chi connectivity index (χ3v) is 7.88. The van der Waals surface area contributed by atoms with E-state index in [1.807, 2.05) is 0 Å². The molecule has 3 heterocycles. The lowest BCUT2D eigenvalue weighted by Gasteiger charge is -2.34. The monoisotopic (exact) mass is 522 g/mol. The predicted octanol–water partition coefficient (Wildman–Crippen LogP) is 3.10. The van der Waals surface area contributed by atoms with Crippen LogP contribution in [-0.2, 0) is 22.7 Å². The highest BCUT2D eigenvalue weighted by Gasteiger charge is 2.51. The fraction of sp³-hybridized carbons (Fsp3) is 0.308. The molecule has 0 spiro atoms. The summed E-state index contributed by atoms with van der Waals surface area (Å²) in [4.78, 5) is 43.3. The molecule has 4 N–H and O–H groups in total. The standard InChI is InChI=1S/C26H24ClFN6O3/c27-18-11-30-20-9-19(28)14(8-17(18)20)10-31-26(37)24-13-5-6-15(7-13)34(24)22(35)12-33-21-4-2-1-3-16(21)23(32-33)25(29)36/h1-4,8-9,11,13,15,24,30H,5-7,10,12H2,(H2,29,36)(H,31,37)/t13-,15+,24-/m0/s1. The Morgan fingerprint density at radius 2 is 2.00 bits per heavy atom. The van der Waals surface area contributed by atoms with Gasteiger partial charge >= 0.3 is 0 Å². The number of fused-ring (bicyclic) bond motifs is 4. The maximum Gasteiger partial charge on any atom is 0.269 e. The Kier molecular flexibility index (Phi) is 5.63. The minimum Gasteiger partial charge on any atom is -0.364 e. The molecular formula is C26H24ClFN6O3. The van der Waals surface area contributed by atoms with Gasteiger partial charge in [0.25, 0.3) is 5.91 Å². The summed E-state index contributed by atoms with van der Waals surface area (Å²) >= 11 is 6.16. The van der Waals surface area contributed by atoms with Crippen molar-refractivity contribution in [3.05, 3.63) is 64.7 Å². The van der Waals surface area contributed by atoms with Crippen LogP contribution in [0.3, 0.4) is 0 Å². The fourth-order valence-electron chi connectivity index (χ4n) is 5.90. The molecule has 3 amide bonds. The Bertz CT molecular complexity index is 1580. The zero-order valence-electron chi connectivity index (χ0n) is 19.7. The van der Waals surface area contributed by atoms with Crippen molar-refractivity contribution >= 4 is 51.1 Å². The molecule has 2 aromatic carbocycles. The number of nitrogens with two attached hydrogens (primary N) is 1. The molecule has 11 heteroatoms. The molecule has 190 valence electrons. The van der Waals surface area contributed by atoms with Crippen LogP contribution in [0.5, 0.6) is 0 Å². The number of carbonyl (C=O) groups excluding carboxylic acids is 3. The minimum absolute atomic E-state index is 0.0240. The van der Waals surface area contributed by atoms with Crippen LogP contribution in [-0.4, -0.2) is 49.5 Å². The Hall–Kier alpha value is -3.92. The molecule has 1 aliphatic heterocycles. The van der Waals surface area contributed by atoms with Crippen LogP contribution in [0.25, 0.3) is 21.8 Å². The number of carbonyl (C=O) groups is 3. The Morgan fingerprint density at radius 1 is 1.19 bits per heavy atom. The van der Waals surface area contributed by atoms with Gasteiger partial charge in [-0.2, -0.15) is 5.10 Å². The smallest absolute Gasteiger partial charge is 0.269 e. The number of hydrogen-bond acceptors (Lipinski definition) is 4. The summed E-state index contributed by atoms with van der Waals surface area (Å²) in [7, 11) is 0. The zero-order chi connectivity index (χ0) is 25.8. The molecule has 9 nitrogen and oxygen atoms in total. The second-order valence-electron chi connectivity index (χ2n) is 9.70. The molecular weight excluding hydrogens is 499 g/mol. The fourth-order valence-corrected chi connectivity index (χ4v) is 6.11. The Morgan fingerprint density at radius 3 is 2.81 bits per heavy atom. The van der Waals surface area contributed by atoms with E-state index in [0.29, 0.717) is 32.4 Å². The van der Waals surface area contributed by atoms with Crippen molar-refractivity contribution in [3.63, 3.8) is 0 Å². The second kappa shape index (κ2) is 8.88. The van der Waals surface area contributed by atoms with E-state index in [-0.39, 0.29) is 42.6 Å². The minimum atomic E-state index is -0.675. The summed E-state index contributed by atoms with van der Waals surface area (Å²) < 4.78 is 16.1. The van der Waals surface area contributed by atoms with Crippen molar-refractivity contribution in [2.45, 2.75) is 44.4 Å². The Labute approximate surface area is 215 Å². The maximum absolute atomic E-state index is 14.6.